The van der Waals surface area contributed by atoms with Gasteiger partial charge in [0.1, 0.15) is 11.5 Å². The first-order valence-corrected chi connectivity index (χ1v) is 6.32. The Hall–Kier alpha value is -1.22. The molecule has 1 aliphatic heterocycles. The minimum atomic E-state index is -0.152. The molecule has 4 heteroatoms. The predicted molar refractivity (Wildman–Crippen MR) is 71.9 cm³/mol. The van der Waals surface area contributed by atoms with Gasteiger partial charge in [0, 0.05) is 27.1 Å². The monoisotopic (exact) mass is 280 g/mol. The Balaban J connectivity index is 2.19. The minimum absolute atomic E-state index is 0.00988. The molecule has 0 unspecified atom stereocenters. The Morgan fingerprint density at radius 3 is 1.89 bits per heavy atom. The summed E-state index contributed by atoms with van der Waals surface area (Å²) in [7, 11) is 0. The highest BCUT2D eigenvalue weighted by molar-refractivity contribution is 6.31. The van der Waals surface area contributed by atoms with E-state index in [2.05, 4.69) is 0 Å². The van der Waals surface area contributed by atoms with Gasteiger partial charge in [-0.05, 0) is 36.4 Å². The number of halogens is 2. The largest absolute Gasteiger partial charge is 0.457 e. The average Bonchev–Trinajstić information content (AvgIpc) is 2.36. The van der Waals surface area contributed by atoms with Crippen LogP contribution in [-0.2, 0) is 0 Å². The number of aliphatic hydroxyl groups excluding tert-OH is 1. The summed E-state index contributed by atoms with van der Waals surface area (Å²) in [6.45, 7) is -0.00988. The second kappa shape index (κ2) is 4.47. The van der Waals surface area contributed by atoms with Crippen LogP contribution in [0.25, 0.3) is 0 Å². The summed E-state index contributed by atoms with van der Waals surface area (Å²) in [6, 6.07) is 10.8. The Labute approximate surface area is 115 Å². The summed E-state index contributed by atoms with van der Waals surface area (Å²) < 4.78 is 5.79. The SMILES string of the molecule is OCC1c2cc(Cl)ccc2Oc2ccc(Cl)cc21. The number of rotatable bonds is 1. The molecule has 0 amide bonds. The lowest BCUT2D eigenvalue weighted by Crippen LogP contribution is -2.13. The van der Waals surface area contributed by atoms with Gasteiger partial charge in [0.2, 0.25) is 0 Å². The van der Waals surface area contributed by atoms with Crippen molar-refractivity contribution in [2.24, 2.45) is 0 Å². The molecule has 2 nitrogen and oxygen atoms in total. The first kappa shape index (κ1) is 11.8. The standard InChI is InChI=1S/C14H10Cl2O2/c15-8-1-3-13-10(5-8)12(7-17)11-6-9(16)2-4-14(11)18-13/h1-6,12,17H,7H2. The van der Waals surface area contributed by atoms with Crippen molar-refractivity contribution >= 4 is 23.2 Å². The van der Waals surface area contributed by atoms with Gasteiger partial charge in [-0.15, -0.1) is 0 Å². The van der Waals surface area contributed by atoms with Crippen LogP contribution in [0, 0.1) is 0 Å². The summed E-state index contributed by atoms with van der Waals surface area (Å²) in [5, 5.41) is 10.9. The maximum atomic E-state index is 9.62. The van der Waals surface area contributed by atoms with Gasteiger partial charge in [-0.3, -0.25) is 0 Å². The van der Waals surface area contributed by atoms with Gasteiger partial charge in [-0.2, -0.15) is 0 Å². The third kappa shape index (κ3) is 1.87. The van der Waals surface area contributed by atoms with Gasteiger partial charge < -0.3 is 9.84 Å². The molecular formula is C14H10Cl2O2. The van der Waals surface area contributed by atoms with E-state index in [-0.39, 0.29) is 12.5 Å². The molecular weight excluding hydrogens is 271 g/mol. The molecule has 0 fully saturated rings. The third-order valence-corrected chi connectivity index (χ3v) is 3.57. The fourth-order valence-electron chi connectivity index (χ4n) is 2.25. The molecule has 0 saturated heterocycles. The van der Waals surface area contributed by atoms with E-state index in [4.69, 9.17) is 27.9 Å². The summed E-state index contributed by atoms with van der Waals surface area (Å²) in [5.74, 6) is 1.31. The molecule has 1 aliphatic rings. The van der Waals surface area contributed by atoms with Crippen LogP contribution >= 0.6 is 23.2 Å². The Morgan fingerprint density at radius 1 is 0.944 bits per heavy atom. The van der Waals surface area contributed by atoms with Gasteiger partial charge in [0.25, 0.3) is 0 Å². The summed E-state index contributed by atoms with van der Waals surface area (Å²) in [5.41, 5.74) is 1.78. The average molecular weight is 281 g/mol. The second-order valence-corrected chi connectivity index (χ2v) is 5.07. The maximum absolute atomic E-state index is 9.62. The number of fused-ring (bicyclic) bond motifs is 2. The molecule has 0 saturated carbocycles. The Kier molecular flexibility index (Phi) is 2.94. The van der Waals surface area contributed by atoms with Crippen LogP contribution in [-0.4, -0.2) is 11.7 Å². The van der Waals surface area contributed by atoms with Gasteiger partial charge in [0.15, 0.2) is 0 Å². The lowest BCUT2D eigenvalue weighted by atomic mass is 9.89. The topological polar surface area (TPSA) is 29.5 Å². The van der Waals surface area contributed by atoms with E-state index in [0.717, 1.165) is 22.6 Å². The molecule has 2 aromatic rings. The number of benzene rings is 2. The molecule has 0 bridgehead atoms. The summed E-state index contributed by atoms with van der Waals surface area (Å²) >= 11 is 12.0. The highest BCUT2D eigenvalue weighted by Gasteiger charge is 2.27. The maximum Gasteiger partial charge on any atom is 0.131 e. The van der Waals surface area contributed by atoms with Gasteiger partial charge >= 0.3 is 0 Å². The van der Waals surface area contributed by atoms with Crippen molar-refractivity contribution in [1.82, 2.24) is 0 Å². The Bertz CT molecular complexity index is 559. The van der Waals surface area contributed by atoms with Crippen molar-refractivity contribution in [1.29, 1.82) is 0 Å². The highest BCUT2D eigenvalue weighted by Crippen LogP contribution is 2.45. The molecule has 92 valence electrons. The zero-order chi connectivity index (χ0) is 12.7. The minimum Gasteiger partial charge on any atom is -0.457 e. The van der Waals surface area contributed by atoms with Gasteiger partial charge in [-0.1, -0.05) is 23.2 Å². The lowest BCUT2D eigenvalue weighted by Gasteiger charge is -2.27. The number of hydrogen-bond acceptors (Lipinski definition) is 2. The first-order valence-electron chi connectivity index (χ1n) is 5.56. The number of ether oxygens (including phenoxy) is 1. The van der Waals surface area contributed by atoms with Crippen molar-refractivity contribution in [3.8, 4) is 11.5 Å². The van der Waals surface area contributed by atoms with Crippen molar-refractivity contribution in [3.05, 3.63) is 57.6 Å². The molecule has 0 aromatic heterocycles. The normalized spacial score (nSPS) is 13.7. The van der Waals surface area contributed by atoms with Crippen LogP contribution in [0.3, 0.4) is 0 Å². The summed E-state index contributed by atoms with van der Waals surface area (Å²) in [4.78, 5) is 0. The summed E-state index contributed by atoms with van der Waals surface area (Å²) in [6.07, 6.45) is 0. The van der Waals surface area contributed by atoms with Gasteiger partial charge in [0.05, 0.1) is 6.61 Å². The van der Waals surface area contributed by atoms with Crippen LogP contribution in [0.1, 0.15) is 17.0 Å². The molecule has 18 heavy (non-hydrogen) atoms. The van der Waals surface area contributed by atoms with Crippen LogP contribution in [0.2, 0.25) is 10.0 Å². The second-order valence-electron chi connectivity index (χ2n) is 4.20. The quantitative estimate of drug-likeness (QED) is 0.847. The molecule has 0 aliphatic carbocycles. The van der Waals surface area contributed by atoms with E-state index in [0.29, 0.717) is 10.0 Å². The first-order chi connectivity index (χ1) is 8.69. The molecule has 0 radical (unpaired) electrons. The zero-order valence-electron chi connectivity index (χ0n) is 9.36. The highest BCUT2D eigenvalue weighted by atomic mass is 35.5. The van der Waals surface area contributed by atoms with Crippen molar-refractivity contribution in [2.75, 3.05) is 6.61 Å². The number of aliphatic hydroxyl groups is 1. The van der Waals surface area contributed by atoms with E-state index >= 15 is 0 Å². The van der Waals surface area contributed by atoms with Crippen LogP contribution in [0.5, 0.6) is 11.5 Å². The molecule has 1 N–H and O–H groups in total. The van der Waals surface area contributed by atoms with E-state index in [1.54, 1.807) is 12.1 Å². The molecule has 0 atom stereocenters. The van der Waals surface area contributed by atoms with Crippen LogP contribution in [0.4, 0.5) is 0 Å². The molecule has 2 aromatic carbocycles. The van der Waals surface area contributed by atoms with E-state index in [1.807, 2.05) is 24.3 Å². The van der Waals surface area contributed by atoms with E-state index in [9.17, 15) is 5.11 Å². The fraction of sp³-hybridized carbons (Fsp3) is 0.143. The van der Waals surface area contributed by atoms with Crippen molar-refractivity contribution < 1.29 is 9.84 Å². The smallest absolute Gasteiger partial charge is 0.131 e. The molecule has 0 spiro atoms. The predicted octanol–water partition coefficient (Wildman–Crippen LogP) is 4.22. The van der Waals surface area contributed by atoms with Gasteiger partial charge in [-0.25, -0.2) is 0 Å². The van der Waals surface area contributed by atoms with Crippen LogP contribution in [0.15, 0.2) is 36.4 Å². The molecule has 3 rings (SSSR count). The third-order valence-electron chi connectivity index (χ3n) is 3.10. The molecule has 1 heterocycles. The van der Waals surface area contributed by atoms with E-state index in [1.165, 1.54) is 0 Å². The zero-order valence-corrected chi connectivity index (χ0v) is 10.9. The van der Waals surface area contributed by atoms with Crippen LogP contribution < -0.4 is 4.74 Å². The Morgan fingerprint density at radius 2 is 1.44 bits per heavy atom. The van der Waals surface area contributed by atoms with Crippen molar-refractivity contribution in [2.45, 2.75) is 5.92 Å². The number of hydrogen-bond donors (Lipinski definition) is 1. The van der Waals surface area contributed by atoms with Crippen molar-refractivity contribution in [3.63, 3.8) is 0 Å². The lowest BCUT2D eigenvalue weighted by molar-refractivity contribution is 0.271. The van der Waals surface area contributed by atoms with E-state index < -0.39 is 0 Å². The fourth-order valence-corrected chi connectivity index (χ4v) is 2.61.